The quantitative estimate of drug-likeness (QED) is 0.564. The second-order valence-corrected chi connectivity index (χ2v) is 6.65. The van der Waals surface area contributed by atoms with Crippen molar-refractivity contribution in [1.82, 2.24) is 9.78 Å². The molecule has 0 unspecified atom stereocenters. The maximum absolute atomic E-state index is 12.7. The van der Waals surface area contributed by atoms with E-state index in [0.29, 0.717) is 23.3 Å². The van der Waals surface area contributed by atoms with E-state index in [1.165, 1.54) is 6.07 Å². The van der Waals surface area contributed by atoms with E-state index >= 15 is 0 Å². The van der Waals surface area contributed by atoms with Gasteiger partial charge in [-0.15, -0.1) is 0 Å². The number of carbonyl (C=O) groups excluding carboxylic acids is 1. The van der Waals surface area contributed by atoms with E-state index in [2.05, 4.69) is 10.4 Å². The van der Waals surface area contributed by atoms with Crippen molar-refractivity contribution < 1.29 is 13.9 Å². The van der Waals surface area contributed by atoms with Gasteiger partial charge in [0, 0.05) is 12.1 Å². The predicted molar refractivity (Wildman–Crippen MR) is 109 cm³/mol. The molecule has 0 saturated heterocycles. The van der Waals surface area contributed by atoms with Crippen LogP contribution in [0.25, 0.3) is 11.0 Å². The molecule has 1 amide bonds. The summed E-state index contributed by atoms with van der Waals surface area (Å²) in [7, 11) is 1.61. The van der Waals surface area contributed by atoms with Crippen molar-refractivity contribution >= 4 is 22.7 Å². The van der Waals surface area contributed by atoms with Crippen molar-refractivity contribution in [2.45, 2.75) is 13.5 Å². The lowest BCUT2D eigenvalue weighted by Crippen LogP contribution is -2.18. The number of carbonyl (C=O) groups is 1. The van der Waals surface area contributed by atoms with Crippen LogP contribution in [-0.4, -0.2) is 22.8 Å². The average molecular weight is 389 g/mol. The number of aromatic nitrogens is 2. The lowest BCUT2D eigenvalue weighted by Gasteiger charge is -2.10. The first kappa shape index (κ1) is 18.5. The number of nitrogens with one attached hydrogen (secondary N) is 1. The Morgan fingerprint density at radius 1 is 1.14 bits per heavy atom. The molecule has 2 aromatic heterocycles. The number of ether oxygens (including phenoxy) is 1. The SMILES string of the molecule is COc1ccc(Cn2nccc2NC(=O)c2cc(=O)c3ccc(C)cc3o2)cc1. The van der Waals surface area contributed by atoms with E-state index in [1.54, 1.807) is 36.2 Å². The lowest BCUT2D eigenvalue weighted by molar-refractivity contribution is 0.0996. The molecule has 4 rings (SSSR count). The smallest absolute Gasteiger partial charge is 0.292 e. The van der Waals surface area contributed by atoms with Crippen LogP contribution in [0.1, 0.15) is 21.7 Å². The summed E-state index contributed by atoms with van der Waals surface area (Å²) in [6.07, 6.45) is 1.60. The highest BCUT2D eigenvalue weighted by Crippen LogP contribution is 2.17. The van der Waals surface area contributed by atoms with Gasteiger partial charge in [-0.1, -0.05) is 18.2 Å². The van der Waals surface area contributed by atoms with E-state index in [1.807, 2.05) is 37.3 Å². The van der Waals surface area contributed by atoms with E-state index in [0.717, 1.165) is 16.9 Å². The summed E-state index contributed by atoms with van der Waals surface area (Å²) in [5.74, 6) is 0.703. The number of nitrogens with zero attached hydrogens (tertiary/aromatic N) is 2. The van der Waals surface area contributed by atoms with Crippen LogP contribution in [0.4, 0.5) is 5.82 Å². The van der Waals surface area contributed by atoms with Gasteiger partial charge in [0.2, 0.25) is 0 Å². The zero-order valence-electron chi connectivity index (χ0n) is 16.0. The van der Waals surface area contributed by atoms with Gasteiger partial charge < -0.3 is 14.5 Å². The number of amides is 1. The normalized spacial score (nSPS) is 10.8. The minimum Gasteiger partial charge on any atom is -0.497 e. The number of rotatable bonds is 5. The number of methoxy groups -OCH3 is 1. The fourth-order valence-electron chi connectivity index (χ4n) is 3.02. The first-order valence-corrected chi connectivity index (χ1v) is 9.04. The molecule has 7 nitrogen and oxygen atoms in total. The molecule has 2 aromatic carbocycles. The van der Waals surface area contributed by atoms with E-state index < -0.39 is 5.91 Å². The van der Waals surface area contributed by atoms with Crippen molar-refractivity contribution in [2.75, 3.05) is 12.4 Å². The van der Waals surface area contributed by atoms with Crippen molar-refractivity contribution in [3.8, 4) is 5.75 Å². The lowest BCUT2D eigenvalue weighted by atomic mass is 10.1. The number of benzene rings is 2. The third-order valence-electron chi connectivity index (χ3n) is 4.56. The Morgan fingerprint density at radius 2 is 1.93 bits per heavy atom. The molecular weight excluding hydrogens is 370 g/mol. The van der Waals surface area contributed by atoms with Gasteiger partial charge >= 0.3 is 0 Å². The van der Waals surface area contributed by atoms with Crippen LogP contribution in [0.5, 0.6) is 5.75 Å². The van der Waals surface area contributed by atoms with Crippen LogP contribution in [0.3, 0.4) is 0 Å². The van der Waals surface area contributed by atoms with Crippen molar-refractivity contribution in [2.24, 2.45) is 0 Å². The van der Waals surface area contributed by atoms with Crippen molar-refractivity contribution in [1.29, 1.82) is 0 Å². The Labute approximate surface area is 166 Å². The Hall–Kier alpha value is -3.87. The molecule has 0 aliphatic heterocycles. The van der Waals surface area contributed by atoms with Gasteiger partial charge in [0.25, 0.3) is 5.91 Å². The summed E-state index contributed by atoms with van der Waals surface area (Å²) >= 11 is 0. The molecule has 2 heterocycles. The fourth-order valence-corrected chi connectivity index (χ4v) is 3.02. The Morgan fingerprint density at radius 3 is 2.69 bits per heavy atom. The molecule has 29 heavy (non-hydrogen) atoms. The number of hydrogen-bond donors (Lipinski definition) is 1. The number of aryl methyl sites for hydroxylation is 1. The highest BCUT2D eigenvalue weighted by molar-refractivity contribution is 6.02. The van der Waals surface area contributed by atoms with Gasteiger partial charge in [0.05, 0.1) is 25.2 Å². The zero-order chi connectivity index (χ0) is 20.4. The van der Waals surface area contributed by atoms with Crippen LogP contribution in [0, 0.1) is 6.92 Å². The number of fused-ring (bicyclic) bond motifs is 1. The van der Waals surface area contributed by atoms with Gasteiger partial charge in [0.15, 0.2) is 11.2 Å². The van der Waals surface area contributed by atoms with E-state index in [-0.39, 0.29) is 11.2 Å². The summed E-state index contributed by atoms with van der Waals surface area (Å²) < 4.78 is 12.5. The van der Waals surface area contributed by atoms with Crippen LogP contribution in [-0.2, 0) is 6.54 Å². The van der Waals surface area contributed by atoms with Crippen molar-refractivity contribution in [3.63, 3.8) is 0 Å². The van der Waals surface area contributed by atoms with Gasteiger partial charge in [-0.2, -0.15) is 5.10 Å². The zero-order valence-corrected chi connectivity index (χ0v) is 16.0. The molecule has 0 aliphatic rings. The van der Waals surface area contributed by atoms with Gasteiger partial charge in [-0.25, -0.2) is 4.68 Å². The third kappa shape index (κ3) is 3.89. The monoisotopic (exact) mass is 389 g/mol. The van der Waals surface area contributed by atoms with E-state index in [4.69, 9.17) is 9.15 Å². The largest absolute Gasteiger partial charge is 0.497 e. The maximum Gasteiger partial charge on any atom is 0.292 e. The summed E-state index contributed by atoms with van der Waals surface area (Å²) in [6, 6.07) is 15.7. The molecule has 0 bridgehead atoms. The third-order valence-corrected chi connectivity index (χ3v) is 4.56. The molecule has 146 valence electrons. The second-order valence-electron chi connectivity index (χ2n) is 6.65. The number of anilines is 1. The maximum atomic E-state index is 12.7. The topological polar surface area (TPSA) is 86.4 Å². The summed E-state index contributed by atoms with van der Waals surface area (Å²) in [5.41, 5.74) is 2.06. The molecule has 0 saturated carbocycles. The van der Waals surface area contributed by atoms with Gasteiger partial charge in [0.1, 0.15) is 17.2 Å². The fraction of sp³-hybridized carbons (Fsp3) is 0.136. The van der Waals surface area contributed by atoms with Crippen LogP contribution < -0.4 is 15.5 Å². The average Bonchev–Trinajstić information content (AvgIpc) is 3.14. The molecule has 0 atom stereocenters. The summed E-state index contributed by atoms with van der Waals surface area (Å²) in [5, 5.41) is 7.46. The molecule has 0 aliphatic carbocycles. The molecule has 1 N–H and O–H groups in total. The van der Waals surface area contributed by atoms with Gasteiger partial charge in [-0.3, -0.25) is 9.59 Å². The van der Waals surface area contributed by atoms with Crippen LogP contribution in [0.2, 0.25) is 0 Å². The minimum absolute atomic E-state index is 0.0507. The molecule has 0 fully saturated rings. The highest BCUT2D eigenvalue weighted by Gasteiger charge is 2.15. The highest BCUT2D eigenvalue weighted by atomic mass is 16.5. The predicted octanol–water partition coefficient (Wildman–Crippen LogP) is 3.61. The standard InChI is InChI=1S/C22H19N3O4/c1-14-3-8-17-18(26)12-20(29-19(17)11-14)22(27)24-21-9-10-23-25(21)13-15-4-6-16(28-2)7-5-15/h3-12H,13H2,1-2H3,(H,24,27). The number of hydrogen-bond acceptors (Lipinski definition) is 5. The van der Waals surface area contributed by atoms with Crippen molar-refractivity contribution in [3.05, 3.63) is 87.9 Å². The van der Waals surface area contributed by atoms with Crippen LogP contribution in [0.15, 0.2) is 70.0 Å². The first-order valence-electron chi connectivity index (χ1n) is 9.04. The Balaban J connectivity index is 1.57. The summed E-state index contributed by atoms with van der Waals surface area (Å²) in [6.45, 7) is 2.36. The second kappa shape index (κ2) is 7.63. The molecule has 0 spiro atoms. The minimum atomic E-state index is -0.512. The Bertz CT molecular complexity index is 1240. The summed E-state index contributed by atoms with van der Waals surface area (Å²) in [4.78, 5) is 25.0. The van der Waals surface area contributed by atoms with E-state index in [9.17, 15) is 9.59 Å². The molecule has 0 radical (unpaired) electrons. The molecule has 4 aromatic rings. The molecule has 7 heteroatoms. The molecular formula is C22H19N3O4. The first-order chi connectivity index (χ1) is 14.0. The Kier molecular flexibility index (Phi) is 4.87. The van der Waals surface area contributed by atoms with Crippen LogP contribution >= 0.6 is 0 Å². The van der Waals surface area contributed by atoms with Gasteiger partial charge in [-0.05, 0) is 42.3 Å².